The van der Waals surface area contributed by atoms with Crippen molar-refractivity contribution in [3.63, 3.8) is 0 Å². The lowest BCUT2D eigenvalue weighted by Crippen LogP contribution is -2.12. The highest BCUT2D eigenvalue weighted by molar-refractivity contribution is 5.94. The number of hydrogen-bond donors (Lipinski definition) is 0. The Hall–Kier alpha value is -4.98. The Kier molecular flexibility index (Phi) is 11.5. The number of carbonyl (C=O) groups is 2. The van der Waals surface area contributed by atoms with Gasteiger partial charge < -0.3 is 18.9 Å². The number of ether oxygens (including phenoxy) is 4. The molecule has 0 aromatic heterocycles. The van der Waals surface area contributed by atoms with Crippen LogP contribution in [0.25, 0.3) is 0 Å². The van der Waals surface area contributed by atoms with Crippen LogP contribution in [-0.4, -0.2) is 32.1 Å². The van der Waals surface area contributed by atoms with E-state index >= 15 is 0 Å². The minimum atomic E-state index is -0.459. The number of carbonyl (C=O) groups excluding carboxylic acids is 2. The predicted molar refractivity (Wildman–Crippen MR) is 175 cm³/mol. The number of unbranched alkanes of at least 4 members (excludes halogenated alkanes) is 2. The van der Waals surface area contributed by atoms with Crippen molar-refractivity contribution in [2.75, 3.05) is 20.3 Å². The second kappa shape index (κ2) is 15.7. The SMILES string of the molecule is COc1ccc(N=Nc2ccc(OC(=O)c3ccc(OCCCCCOc4ccc(C(C)=O)cc4)cc3)cc2)cc1C(C)(C)C. The molecule has 4 aromatic carbocycles. The van der Waals surface area contributed by atoms with Crippen molar-refractivity contribution in [1.82, 2.24) is 0 Å². The molecule has 4 aromatic rings. The fourth-order valence-corrected chi connectivity index (χ4v) is 4.44. The van der Waals surface area contributed by atoms with Gasteiger partial charge in [-0.25, -0.2) is 4.79 Å². The van der Waals surface area contributed by atoms with Crippen LogP contribution in [0.4, 0.5) is 11.4 Å². The first-order valence-electron chi connectivity index (χ1n) is 15.0. The fraction of sp³-hybridized carbons (Fsp3) is 0.297. The molecule has 0 unspecified atom stereocenters. The van der Waals surface area contributed by atoms with Crippen LogP contribution in [0.15, 0.2) is 101 Å². The lowest BCUT2D eigenvalue weighted by Gasteiger charge is -2.22. The van der Waals surface area contributed by atoms with E-state index < -0.39 is 5.97 Å². The molecule has 0 aliphatic rings. The highest BCUT2D eigenvalue weighted by atomic mass is 16.5. The van der Waals surface area contributed by atoms with Crippen LogP contribution in [0.2, 0.25) is 0 Å². The van der Waals surface area contributed by atoms with E-state index in [0.717, 1.165) is 42.0 Å². The number of esters is 1. The summed E-state index contributed by atoms with van der Waals surface area (Å²) in [7, 11) is 1.66. The first kappa shape index (κ1) is 32.9. The van der Waals surface area contributed by atoms with Crippen molar-refractivity contribution in [2.45, 2.75) is 52.4 Å². The summed E-state index contributed by atoms with van der Waals surface area (Å²) in [6.07, 6.45) is 2.73. The number of rotatable bonds is 14. The highest BCUT2D eigenvalue weighted by Crippen LogP contribution is 2.35. The summed E-state index contributed by atoms with van der Waals surface area (Å²) in [5.74, 6) is 2.26. The van der Waals surface area contributed by atoms with Gasteiger partial charge in [0.2, 0.25) is 0 Å². The van der Waals surface area contributed by atoms with Crippen LogP contribution in [0.1, 0.15) is 73.2 Å². The van der Waals surface area contributed by atoms with Crippen molar-refractivity contribution < 1.29 is 28.5 Å². The summed E-state index contributed by atoms with van der Waals surface area (Å²) in [5, 5.41) is 8.69. The molecule has 0 atom stereocenters. The minimum Gasteiger partial charge on any atom is -0.496 e. The molecule has 4 rings (SSSR count). The lowest BCUT2D eigenvalue weighted by molar-refractivity contribution is 0.0734. The van der Waals surface area contributed by atoms with Crippen molar-refractivity contribution in [3.8, 4) is 23.0 Å². The van der Waals surface area contributed by atoms with E-state index in [1.807, 2.05) is 30.3 Å². The quantitative estimate of drug-likeness (QED) is 0.0465. The van der Waals surface area contributed by atoms with Gasteiger partial charge in [-0.05, 0) is 123 Å². The van der Waals surface area contributed by atoms with Crippen LogP contribution in [0.3, 0.4) is 0 Å². The number of Topliss-reactive ketones (excluding diaryl/α,β-unsaturated/α-hetero) is 1. The van der Waals surface area contributed by atoms with Gasteiger partial charge in [-0.3, -0.25) is 4.79 Å². The lowest BCUT2D eigenvalue weighted by atomic mass is 9.86. The largest absolute Gasteiger partial charge is 0.496 e. The summed E-state index contributed by atoms with van der Waals surface area (Å²) in [4.78, 5) is 24.0. The summed E-state index contributed by atoms with van der Waals surface area (Å²) < 4.78 is 22.6. The number of hydrogen-bond acceptors (Lipinski definition) is 8. The van der Waals surface area contributed by atoms with Crippen LogP contribution in [0, 0.1) is 0 Å². The molecule has 0 aliphatic carbocycles. The molecule has 0 spiro atoms. The maximum absolute atomic E-state index is 12.7. The molecule has 0 radical (unpaired) electrons. The summed E-state index contributed by atoms with van der Waals surface area (Å²) in [5.41, 5.74) is 3.42. The number of methoxy groups -OCH3 is 1. The van der Waals surface area contributed by atoms with Crippen molar-refractivity contribution >= 4 is 23.1 Å². The average molecular weight is 609 g/mol. The Balaban J connectivity index is 1.18. The first-order chi connectivity index (χ1) is 21.6. The van der Waals surface area contributed by atoms with E-state index in [2.05, 4.69) is 31.0 Å². The average Bonchev–Trinajstić information content (AvgIpc) is 3.04. The standard InChI is InChI=1S/C37H40N2O6/c1-26(40)27-9-16-31(17-10-27)43-23-7-6-8-24-44-32-18-11-28(12-19-32)36(41)45-33-20-13-29(14-21-33)38-39-30-15-22-35(42-5)34(25-30)37(2,3)4/h9-22,25H,6-8,23-24H2,1-5H3. The second-order valence-corrected chi connectivity index (χ2v) is 11.6. The van der Waals surface area contributed by atoms with E-state index in [1.54, 1.807) is 74.7 Å². The molecule has 0 amide bonds. The summed E-state index contributed by atoms with van der Waals surface area (Å²) in [6, 6.07) is 26.7. The molecule has 8 heteroatoms. The van der Waals surface area contributed by atoms with Gasteiger partial charge in [0.15, 0.2) is 5.78 Å². The Morgan fingerprint density at radius 1 is 0.644 bits per heavy atom. The number of benzene rings is 4. The van der Waals surface area contributed by atoms with Gasteiger partial charge in [-0.1, -0.05) is 20.8 Å². The highest BCUT2D eigenvalue weighted by Gasteiger charge is 2.19. The number of azo groups is 1. The molecule has 0 N–H and O–H groups in total. The van der Waals surface area contributed by atoms with Crippen molar-refractivity contribution in [1.29, 1.82) is 0 Å². The van der Waals surface area contributed by atoms with E-state index in [4.69, 9.17) is 18.9 Å². The molecule has 0 saturated heterocycles. The Labute approximate surface area is 265 Å². The van der Waals surface area contributed by atoms with Crippen LogP contribution in [-0.2, 0) is 5.41 Å². The third-order valence-corrected chi connectivity index (χ3v) is 7.00. The van der Waals surface area contributed by atoms with Crippen molar-refractivity contribution in [2.24, 2.45) is 10.2 Å². The Bertz CT molecular complexity index is 1590. The normalized spacial score (nSPS) is 11.3. The van der Waals surface area contributed by atoms with Gasteiger partial charge in [0.25, 0.3) is 0 Å². The number of ketones is 1. The van der Waals surface area contributed by atoms with Crippen LogP contribution in [0.5, 0.6) is 23.0 Å². The smallest absolute Gasteiger partial charge is 0.343 e. The zero-order valence-corrected chi connectivity index (χ0v) is 26.5. The van der Waals surface area contributed by atoms with Gasteiger partial charge in [-0.15, -0.1) is 0 Å². The predicted octanol–water partition coefficient (Wildman–Crippen LogP) is 9.46. The molecule has 0 aliphatic heterocycles. The molecule has 0 heterocycles. The van der Waals surface area contributed by atoms with Gasteiger partial charge in [0.1, 0.15) is 23.0 Å². The number of nitrogens with zero attached hydrogens (tertiary/aromatic N) is 2. The molecule has 0 saturated carbocycles. The van der Waals surface area contributed by atoms with Gasteiger partial charge >= 0.3 is 5.97 Å². The van der Waals surface area contributed by atoms with Crippen LogP contribution < -0.4 is 18.9 Å². The third kappa shape index (κ3) is 10.0. The maximum Gasteiger partial charge on any atom is 0.343 e. The molecular formula is C37H40N2O6. The van der Waals surface area contributed by atoms with E-state index in [9.17, 15) is 9.59 Å². The minimum absolute atomic E-state index is 0.0406. The van der Waals surface area contributed by atoms with Gasteiger partial charge in [0.05, 0.1) is 37.3 Å². The second-order valence-electron chi connectivity index (χ2n) is 11.6. The zero-order chi connectivity index (χ0) is 32.2. The van der Waals surface area contributed by atoms with E-state index in [0.29, 0.717) is 41.5 Å². The molecule has 8 nitrogen and oxygen atoms in total. The first-order valence-corrected chi connectivity index (χ1v) is 15.0. The fourth-order valence-electron chi connectivity index (χ4n) is 4.44. The molecule has 45 heavy (non-hydrogen) atoms. The Morgan fingerprint density at radius 3 is 1.69 bits per heavy atom. The van der Waals surface area contributed by atoms with Gasteiger partial charge in [-0.2, -0.15) is 10.2 Å². The molecule has 234 valence electrons. The summed E-state index contributed by atoms with van der Waals surface area (Å²) >= 11 is 0. The summed E-state index contributed by atoms with van der Waals surface area (Å²) in [6.45, 7) is 9.08. The van der Waals surface area contributed by atoms with Crippen LogP contribution >= 0.6 is 0 Å². The van der Waals surface area contributed by atoms with Gasteiger partial charge in [0, 0.05) is 11.1 Å². The van der Waals surface area contributed by atoms with Crippen molar-refractivity contribution in [3.05, 3.63) is 108 Å². The maximum atomic E-state index is 12.7. The zero-order valence-electron chi connectivity index (χ0n) is 26.5. The monoisotopic (exact) mass is 608 g/mol. The van der Waals surface area contributed by atoms with E-state index in [1.165, 1.54) is 0 Å². The molecule has 0 fully saturated rings. The molecule has 0 bridgehead atoms. The third-order valence-electron chi connectivity index (χ3n) is 7.00. The van der Waals surface area contributed by atoms with E-state index in [-0.39, 0.29) is 11.2 Å². The Morgan fingerprint density at radius 2 is 1.16 bits per heavy atom. The molecular weight excluding hydrogens is 568 g/mol. The topological polar surface area (TPSA) is 95.8 Å².